The molecular weight excluding hydrogens is 459 g/mol. The number of hydrogen-bond donors (Lipinski definition) is 1. The lowest BCUT2D eigenvalue weighted by atomic mass is 10.1. The van der Waals surface area contributed by atoms with Gasteiger partial charge in [0.15, 0.2) is 0 Å². The summed E-state index contributed by atoms with van der Waals surface area (Å²) < 4.78 is 42.1. The average Bonchev–Trinajstić information content (AvgIpc) is 3.41. The number of aromatic nitrogens is 4. The largest absolute Gasteiger partial charge is 0.405 e. The van der Waals surface area contributed by atoms with Crippen LogP contribution in [0.3, 0.4) is 0 Å². The summed E-state index contributed by atoms with van der Waals surface area (Å²) in [6, 6.07) is 16.5. The van der Waals surface area contributed by atoms with E-state index in [0.29, 0.717) is 16.7 Å². The van der Waals surface area contributed by atoms with E-state index in [1.165, 1.54) is 9.13 Å². The number of amides is 1. The molecule has 7 nitrogen and oxygen atoms in total. The number of aryl methyl sites for hydroxylation is 1. The van der Waals surface area contributed by atoms with Crippen molar-refractivity contribution in [2.45, 2.75) is 19.6 Å². The second kappa shape index (κ2) is 8.46. The first-order chi connectivity index (χ1) is 16.7. The van der Waals surface area contributed by atoms with Crippen LogP contribution in [0.5, 0.6) is 0 Å². The van der Waals surface area contributed by atoms with Crippen molar-refractivity contribution in [1.29, 1.82) is 0 Å². The standard InChI is InChI=1S/C25H20F3N5O2/c1-16-4-2-6-20-23(16)33(24(35)32(20)13-22(34)30-14-25(26,27)28)18-9-7-17(8-10-18)19-5-3-11-31-15-29-12-21(19)31/h2-12,15H,13-14H2,1H3,(H,30,34). The summed E-state index contributed by atoms with van der Waals surface area (Å²) >= 11 is 0. The summed E-state index contributed by atoms with van der Waals surface area (Å²) in [7, 11) is 0. The summed E-state index contributed by atoms with van der Waals surface area (Å²) in [6.45, 7) is -0.145. The van der Waals surface area contributed by atoms with Crippen LogP contribution in [0.25, 0.3) is 33.4 Å². The smallest absolute Gasteiger partial charge is 0.345 e. The van der Waals surface area contributed by atoms with Crippen molar-refractivity contribution in [1.82, 2.24) is 23.8 Å². The lowest BCUT2D eigenvalue weighted by Gasteiger charge is -2.09. The zero-order chi connectivity index (χ0) is 24.7. The molecule has 5 aromatic rings. The molecule has 0 saturated heterocycles. The van der Waals surface area contributed by atoms with Gasteiger partial charge in [0.2, 0.25) is 5.91 Å². The Balaban J connectivity index is 1.56. The van der Waals surface area contributed by atoms with E-state index in [9.17, 15) is 22.8 Å². The molecule has 10 heteroatoms. The van der Waals surface area contributed by atoms with Crippen molar-refractivity contribution in [2.75, 3.05) is 6.54 Å². The van der Waals surface area contributed by atoms with Crippen molar-refractivity contribution >= 4 is 22.5 Å². The summed E-state index contributed by atoms with van der Waals surface area (Å²) in [5, 5.41) is 1.82. The fraction of sp³-hybridized carbons (Fsp3) is 0.160. The van der Waals surface area contributed by atoms with E-state index in [0.717, 1.165) is 22.2 Å². The number of nitrogens with one attached hydrogen (secondary N) is 1. The van der Waals surface area contributed by atoms with Gasteiger partial charge in [-0.15, -0.1) is 0 Å². The maximum absolute atomic E-state index is 13.4. The van der Waals surface area contributed by atoms with Crippen LogP contribution < -0.4 is 11.0 Å². The van der Waals surface area contributed by atoms with Gasteiger partial charge in [-0.2, -0.15) is 13.2 Å². The van der Waals surface area contributed by atoms with Gasteiger partial charge < -0.3 is 9.72 Å². The molecular formula is C25H20F3N5O2. The van der Waals surface area contributed by atoms with E-state index in [-0.39, 0.29) is 0 Å². The fourth-order valence-electron chi connectivity index (χ4n) is 4.25. The van der Waals surface area contributed by atoms with Crippen LogP contribution in [-0.4, -0.2) is 37.1 Å². The molecule has 0 radical (unpaired) electrons. The molecule has 0 unspecified atom stereocenters. The predicted molar refractivity (Wildman–Crippen MR) is 126 cm³/mol. The Labute approximate surface area is 197 Å². The number of rotatable bonds is 5. The Kier molecular flexibility index (Phi) is 5.43. The summed E-state index contributed by atoms with van der Waals surface area (Å²) in [5.41, 5.74) is 4.76. The Morgan fingerprint density at radius 1 is 1.03 bits per heavy atom. The van der Waals surface area contributed by atoms with E-state index in [1.54, 1.807) is 36.8 Å². The van der Waals surface area contributed by atoms with Crippen molar-refractivity contribution < 1.29 is 18.0 Å². The minimum absolute atomic E-state index is 0.463. The van der Waals surface area contributed by atoms with Crippen LogP contribution in [0, 0.1) is 6.92 Å². The van der Waals surface area contributed by atoms with E-state index >= 15 is 0 Å². The van der Waals surface area contributed by atoms with Crippen LogP contribution in [0.15, 0.2) is 78.1 Å². The molecule has 5 rings (SSSR count). The predicted octanol–water partition coefficient (Wildman–Crippen LogP) is 4.09. The van der Waals surface area contributed by atoms with Crippen LogP contribution in [0.2, 0.25) is 0 Å². The lowest BCUT2D eigenvalue weighted by molar-refractivity contribution is -0.138. The molecule has 0 saturated carbocycles. The maximum atomic E-state index is 13.4. The van der Waals surface area contributed by atoms with Crippen LogP contribution in [-0.2, 0) is 11.3 Å². The summed E-state index contributed by atoms with van der Waals surface area (Å²) in [5.74, 6) is -0.894. The van der Waals surface area contributed by atoms with Crippen molar-refractivity contribution in [2.24, 2.45) is 0 Å². The third kappa shape index (κ3) is 4.18. The first-order valence-electron chi connectivity index (χ1n) is 10.8. The van der Waals surface area contributed by atoms with Gasteiger partial charge in [0.1, 0.15) is 13.1 Å². The molecule has 35 heavy (non-hydrogen) atoms. The quantitative estimate of drug-likeness (QED) is 0.413. The van der Waals surface area contributed by atoms with E-state index in [4.69, 9.17) is 0 Å². The van der Waals surface area contributed by atoms with Gasteiger partial charge >= 0.3 is 11.9 Å². The molecule has 0 fully saturated rings. The molecule has 0 atom stereocenters. The second-order valence-electron chi connectivity index (χ2n) is 8.19. The highest BCUT2D eigenvalue weighted by Crippen LogP contribution is 2.27. The molecule has 0 aliphatic heterocycles. The number of imidazole rings is 2. The second-order valence-corrected chi connectivity index (χ2v) is 8.19. The Morgan fingerprint density at radius 2 is 1.80 bits per heavy atom. The number of para-hydroxylation sites is 1. The number of benzene rings is 2. The van der Waals surface area contributed by atoms with E-state index in [2.05, 4.69) is 4.98 Å². The van der Waals surface area contributed by atoms with Gasteiger partial charge in [-0.25, -0.2) is 9.78 Å². The third-order valence-corrected chi connectivity index (χ3v) is 5.83. The minimum Gasteiger partial charge on any atom is -0.345 e. The van der Waals surface area contributed by atoms with E-state index in [1.807, 2.05) is 53.2 Å². The molecule has 0 bridgehead atoms. The number of carbonyl (C=O) groups is 1. The van der Waals surface area contributed by atoms with Gasteiger partial charge in [-0.3, -0.25) is 13.9 Å². The van der Waals surface area contributed by atoms with Crippen LogP contribution in [0.4, 0.5) is 13.2 Å². The monoisotopic (exact) mass is 479 g/mol. The fourth-order valence-corrected chi connectivity index (χ4v) is 4.25. The van der Waals surface area contributed by atoms with Crippen molar-refractivity contribution in [3.8, 4) is 16.8 Å². The highest BCUT2D eigenvalue weighted by molar-refractivity contribution is 5.85. The molecule has 3 aromatic heterocycles. The average molecular weight is 479 g/mol. The first-order valence-corrected chi connectivity index (χ1v) is 10.8. The van der Waals surface area contributed by atoms with Crippen molar-refractivity contribution in [3.63, 3.8) is 0 Å². The molecule has 178 valence electrons. The zero-order valence-electron chi connectivity index (χ0n) is 18.6. The third-order valence-electron chi connectivity index (χ3n) is 5.83. The van der Waals surface area contributed by atoms with E-state index < -0.39 is 30.9 Å². The highest BCUT2D eigenvalue weighted by atomic mass is 19.4. The molecule has 0 aliphatic carbocycles. The first kappa shape index (κ1) is 22.5. The normalized spacial score (nSPS) is 11.9. The zero-order valence-corrected chi connectivity index (χ0v) is 18.6. The summed E-state index contributed by atoms with van der Waals surface area (Å²) in [4.78, 5) is 29.8. The van der Waals surface area contributed by atoms with Gasteiger partial charge in [0.25, 0.3) is 0 Å². The maximum Gasteiger partial charge on any atom is 0.405 e. The SMILES string of the molecule is Cc1cccc2c1n(-c1ccc(-c3cccn4cncc34)cc1)c(=O)n2CC(=O)NCC(F)(F)F. The van der Waals surface area contributed by atoms with Gasteiger partial charge in [0, 0.05) is 11.8 Å². The summed E-state index contributed by atoms with van der Waals surface area (Å²) in [6.07, 6.45) is 0.861. The number of pyridine rings is 1. The Morgan fingerprint density at radius 3 is 2.54 bits per heavy atom. The van der Waals surface area contributed by atoms with Crippen LogP contribution >= 0.6 is 0 Å². The van der Waals surface area contributed by atoms with Gasteiger partial charge in [-0.1, -0.05) is 30.3 Å². The molecule has 1 N–H and O–H groups in total. The molecule has 3 heterocycles. The minimum atomic E-state index is -4.53. The Bertz CT molecular complexity index is 1610. The number of hydrogen-bond acceptors (Lipinski definition) is 3. The molecule has 0 aliphatic rings. The highest BCUT2D eigenvalue weighted by Gasteiger charge is 2.28. The molecule has 1 amide bonds. The van der Waals surface area contributed by atoms with Gasteiger partial charge in [-0.05, 0) is 42.3 Å². The number of carbonyl (C=O) groups excluding carboxylic acids is 1. The van der Waals surface area contributed by atoms with Gasteiger partial charge in [0.05, 0.1) is 34.8 Å². The number of nitrogens with zero attached hydrogens (tertiary/aromatic N) is 4. The lowest BCUT2D eigenvalue weighted by Crippen LogP contribution is -2.37. The Hall–Kier alpha value is -4.34. The number of alkyl halides is 3. The molecule has 0 spiro atoms. The van der Waals surface area contributed by atoms with Crippen molar-refractivity contribution in [3.05, 3.63) is 89.4 Å². The topological polar surface area (TPSA) is 73.3 Å². The molecule has 2 aromatic carbocycles. The number of fused-ring (bicyclic) bond motifs is 2. The number of halogens is 3. The van der Waals surface area contributed by atoms with Crippen LogP contribution in [0.1, 0.15) is 5.56 Å².